The van der Waals surface area contributed by atoms with Crippen molar-refractivity contribution in [1.29, 1.82) is 0 Å². The van der Waals surface area contributed by atoms with E-state index >= 15 is 0 Å². The van der Waals surface area contributed by atoms with Gasteiger partial charge in [0.15, 0.2) is 5.78 Å². The maximum absolute atomic E-state index is 13.4. The fraction of sp³-hybridized carbons (Fsp3) is 0.372. The Hall–Kier alpha value is -4.59. The van der Waals surface area contributed by atoms with E-state index in [1.54, 1.807) is 38.1 Å². The minimum absolute atomic E-state index is 0.113. The maximum atomic E-state index is 13.4. The molecule has 2 atom stereocenters. The van der Waals surface area contributed by atoms with E-state index in [0.29, 0.717) is 63.2 Å². The van der Waals surface area contributed by atoms with E-state index in [1.165, 1.54) is 0 Å². The zero-order valence-electron chi connectivity index (χ0n) is 29.4. The maximum Gasteiger partial charge on any atom is 0.306 e. The van der Waals surface area contributed by atoms with Crippen molar-refractivity contribution in [2.45, 2.75) is 90.6 Å². The van der Waals surface area contributed by atoms with E-state index < -0.39 is 12.2 Å². The molecule has 0 aliphatic carbocycles. The first-order chi connectivity index (χ1) is 24.5. The van der Waals surface area contributed by atoms with Crippen molar-refractivity contribution >= 4 is 17.7 Å². The van der Waals surface area contributed by atoms with Gasteiger partial charge in [0.1, 0.15) is 12.2 Å². The number of rotatable bonds is 22. The molecule has 0 spiro atoms. The highest BCUT2D eigenvalue weighted by Gasteiger charge is 2.19. The molecule has 0 fully saturated rings. The van der Waals surface area contributed by atoms with Gasteiger partial charge in [0.05, 0.1) is 13.2 Å². The highest BCUT2D eigenvalue weighted by Crippen LogP contribution is 2.27. The average molecular weight is 679 g/mol. The number of carbonyl (C=O) groups excluding carboxylic acids is 3. The highest BCUT2D eigenvalue weighted by atomic mass is 16.5. The van der Waals surface area contributed by atoms with Crippen LogP contribution in [0.5, 0.6) is 0 Å². The van der Waals surface area contributed by atoms with Crippen LogP contribution in [0.15, 0.2) is 109 Å². The Balaban J connectivity index is 1.29. The van der Waals surface area contributed by atoms with Crippen LogP contribution in [0.1, 0.15) is 116 Å². The Bertz CT molecular complexity index is 1450. The van der Waals surface area contributed by atoms with Gasteiger partial charge in [-0.2, -0.15) is 0 Å². The van der Waals surface area contributed by atoms with Crippen LogP contribution < -0.4 is 0 Å². The quantitative estimate of drug-likeness (QED) is 0.0465. The van der Waals surface area contributed by atoms with E-state index in [2.05, 4.69) is 0 Å². The molecule has 0 N–H and O–H groups in total. The first-order valence-corrected chi connectivity index (χ1v) is 17.8. The minimum Gasteiger partial charge on any atom is -0.457 e. The molecule has 50 heavy (non-hydrogen) atoms. The number of ketones is 1. The number of ether oxygens (including phenoxy) is 4. The fourth-order valence-corrected chi connectivity index (χ4v) is 5.53. The van der Waals surface area contributed by atoms with Crippen molar-refractivity contribution in [2.75, 3.05) is 13.2 Å². The van der Waals surface area contributed by atoms with Gasteiger partial charge >= 0.3 is 11.9 Å². The Morgan fingerprint density at radius 3 is 1.24 bits per heavy atom. The van der Waals surface area contributed by atoms with Gasteiger partial charge in [-0.25, -0.2) is 0 Å². The van der Waals surface area contributed by atoms with Gasteiger partial charge in [0, 0.05) is 37.2 Å². The van der Waals surface area contributed by atoms with Gasteiger partial charge in [-0.05, 0) is 60.8 Å². The number of unbranched alkanes of at least 4 members (excludes halogenated alkanes) is 2. The van der Waals surface area contributed by atoms with Crippen LogP contribution in [0.2, 0.25) is 0 Å². The first kappa shape index (κ1) is 38.2. The van der Waals surface area contributed by atoms with E-state index in [1.807, 2.05) is 84.9 Å². The molecular formula is C43H50O7. The van der Waals surface area contributed by atoms with Gasteiger partial charge < -0.3 is 18.9 Å². The molecular weight excluding hydrogens is 628 g/mol. The standard InChI is InChI=1S/C43H50O7/c1-3-41(44)49-39(19-11-13-29-47-31-33-15-7-5-8-16-33)35-21-25-37(26-22-35)43(46)38-27-23-36(24-28-38)40(50-42(45)4-2)20-12-14-30-48-32-34-17-9-6-10-18-34/h5-10,15-18,21-28,39-40H,3-4,11-14,19-20,29-32H2,1-2H3. The number of carbonyl (C=O) groups is 3. The summed E-state index contributed by atoms with van der Waals surface area (Å²) in [6.07, 6.45) is 4.51. The molecule has 4 rings (SSSR count). The fourth-order valence-electron chi connectivity index (χ4n) is 5.53. The average Bonchev–Trinajstić information content (AvgIpc) is 3.17. The number of benzene rings is 4. The summed E-state index contributed by atoms with van der Waals surface area (Å²) in [6.45, 7) is 5.97. The lowest BCUT2D eigenvalue weighted by Crippen LogP contribution is -2.12. The summed E-state index contributed by atoms with van der Waals surface area (Å²) < 4.78 is 23.2. The monoisotopic (exact) mass is 678 g/mol. The van der Waals surface area contributed by atoms with Gasteiger partial charge in [0.2, 0.25) is 0 Å². The second kappa shape index (κ2) is 21.5. The van der Waals surface area contributed by atoms with Crippen LogP contribution >= 0.6 is 0 Å². The smallest absolute Gasteiger partial charge is 0.306 e. The topological polar surface area (TPSA) is 88.1 Å². The summed E-state index contributed by atoms with van der Waals surface area (Å²) in [5.74, 6) is -0.622. The molecule has 0 heterocycles. The largest absolute Gasteiger partial charge is 0.457 e. The molecule has 0 aliphatic rings. The minimum atomic E-state index is -0.391. The highest BCUT2D eigenvalue weighted by molar-refractivity contribution is 6.09. The van der Waals surface area contributed by atoms with Crippen molar-refractivity contribution < 1.29 is 33.3 Å². The third-order valence-electron chi connectivity index (χ3n) is 8.45. The summed E-state index contributed by atoms with van der Waals surface area (Å²) >= 11 is 0. The molecule has 4 aromatic rings. The molecule has 2 unspecified atom stereocenters. The molecule has 7 nitrogen and oxygen atoms in total. The lowest BCUT2D eigenvalue weighted by molar-refractivity contribution is -0.150. The van der Waals surface area contributed by atoms with Crippen molar-refractivity contribution in [3.8, 4) is 0 Å². The van der Waals surface area contributed by atoms with E-state index in [-0.39, 0.29) is 17.7 Å². The molecule has 0 aromatic heterocycles. The molecule has 0 radical (unpaired) electrons. The summed E-state index contributed by atoms with van der Waals surface area (Å²) in [6, 6.07) is 34.7. The zero-order chi connectivity index (χ0) is 35.4. The van der Waals surface area contributed by atoms with Gasteiger partial charge in [-0.3, -0.25) is 14.4 Å². The predicted octanol–water partition coefficient (Wildman–Crippen LogP) is 9.68. The van der Waals surface area contributed by atoms with Crippen molar-refractivity contribution in [3.05, 3.63) is 143 Å². The molecule has 0 bridgehead atoms. The molecule has 4 aromatic carbocycles. The Kier molecular flexibility index (Phi) is 16.4. The van der Waals surface area contributed by atoms with Crippen molar-refractivity contribution in [1.82, 2.24) is 0 Å². The Morgan fingerprint density at radius 1 is 0.500 bits per heavy atom. The van der Waals surface area contributed by atoms with Gasteiger partial charge in [-0.1, -0.05) is 123 Å². The molecule has 0 saturated heterocycles. The Labute approximate surface area is 296 Å². The van der Waals surface area contributed by atoms with Crippen LogP contribution in [0.3, 0.4) is 0 Å². The molecule has 264 valence electrons. The van der Waals surface area contributed by atoms with Gasteiger partial charge in [-0.15, -0.1) is 0 Å². The van der Waals surface area contributed by atoms with Gasteiger partial charge in [0.25, 0.3) is 0 Å². The van der Waals surface area contributed by atoms with Crippen LogP contribution in [0, 0.1) is 0 Å². The van der Waals surface area contributed by atoms with Crippen molar-refractivity contribution in [2.24, 2.45) is 0 Å². The van der Waals surface area contributed by atoms with Crippen LogP contribution in [0.4, 0.5) is 0 Å². The van der Waals surface area contributed by atoms with Crippen LogP contribution in [0.25, 0.3) is 0 Å². The van der Waals surface area contributed by atoms with Crippen LogP contribution in [-0.4, -0.2) is 30.9 Å². The number of esters is 2. The lowest BCUT2D eigenvalue weighted by Gasteiger charge is -2.19. The molecule has 0 aliphatic heterocycles. The Morgan fingerprint density at radius 2 is 0.880 bits per heavy atom. The number of hydrogen-bond donors (Lipinski definition) is 0. The lowest BCUT2D eigenvalue weighted by atomic mass is 9.96. The van der Waals surface area contributed by atoms with Crippen molar-refractivity contribution in [3.63, 3.8) is 0 Å². The first-order valence-electron chi connectivity index (χ1n) is 17.8. The second-order valence-corrected chi connectivity index (χ2v) is 12.3. The molecule has 0 amide bonds. The van der Waals surface area contributed by atoms with E-state index in [4.69, 9.17) is 18.9 Å². The summed E-state index contributed by atoms with van der Waals surface area (Å²) in [5, 5.41) is 0. The third kappa shape index (κ3) is 13.0. The number of hydrogen-bond acceptors (Lipinski definition) is 7. The summed E-state index contributed by atoms with van der Waals surface area (Å²) in [7, 11) is 0. The molecule has 0 saturated carbocycles. The SMILES string of the molecule is CCC(=O)OC(CCCCOCc1ccccc1)c1ccc(C(=O)c2ccc(C(CCCCOCc3ccccc3)OC(=O)CC)cc2)cc1. The molecule has 7 heteroatoms. The predicted molar refractivity (Wildman–Crippen MR) is 194 cm³/mol. The van der Waals surface area contributed by atoms with E-state index in [0.717, 1.165) is 47.9 Å². The summed E-state index contributed by atoms with van der Waals surface area (Å²) in [5.41, 5.74) is 5.08. The zero-order valence-corrected chi connectivity index (χ0v) is 29.4. The van der Waals surface area contributed by atoms with E-state index in [9.17, 15) is 14.4 Å². The van der Waals surface area contributed by atoms with Crippen LogP contribution in [-0.2, 0) is 41.8 Å². The normalized spacial score (nSPS) is 12.2. The second-order valence-electron chi connectivity index (χ2n) is 12.3. The third-order valence-corrected chi connectivity index (χ3v) is 8.45. The summed E-state index contributed by atoms with van der Waals surface area (Å²) in [4.78, 5) is 37.8.